The van der Waals surface area contributed by atoms with E-state index in [1.165, 1.54) is 18.4 Å². The van der Waals surface area contributed by atoms with Crippen molar-refractivity contribution < 1.29 is 4.79 Å². The molecule has 3 nitrogen and oxygen atoms in total. The number of aryl methyl sites for hydroxylation is 3. The second kappa shape index (κ2) is 4.97. The summed E-state index contributed by atoms with van der Waals surface area (Å²) in [5.41, 5.74) is 9.65. The van der Waals surface area contributed by atoms with Crippen LogP contribution in [0.25, 0.3) is 0 Å². The lowest BCUT2D eigenvalue weighted by atomic mass is 9.93. The SMILES string of the molecule is Cc1cc(C)c(C(=O)NC(C)(CN)C2CC2)c(C)c1. The van der Waals surface area contributed by atoms with Crippen LogP contribution in [0.3, 0.4) is 0 Å². The maximum atomic E-state index is 12.5. The molecular weight excluding hydrogens is 236 g/mol. The minimum absolute atomic E-state index is 0.00912. The van der Waals surface area contributed by atoms with Crippen molar-refractivity contribution in [2.45, 2.75) is 46.1 Å². The fraction of sp³-hybridized carbons (Fsp3) is 0.562. The van der Waals surface area contributed by atoms with Crippen molar-refractivity contribution in [1.82, 2.24) is 5.32 Å². The van der Waals surface area contributed by atoms with Crippen LogP contribution >= 0.6 is 0 Å². The molecule has 1 atom stereocenters. The van der Waals surface area contributed by atoms with E-state index < -0.39 is 0 Å². The lowest BCUT2D eigenvalue weighted by Gasteiger charge is -2.30. The van der Waals surface area contributed by atoms with Gasteiger partial charge in [-0.15, -0.1) is 0 Å². The Hall–Kier alpha value is -1.35. The van der Waals surface area contributed by atoms with E-state index in [1.54, 1.807) is 0 Å². The van der Waals surface area contributed by atoms with Gasteiger partial charge in [0.1, 0.15) is 0 Å². The lowest BCUT2D eigenvalue weighted by Crippen LogP contribution is -2.53. The Kier molecular flexibility index (Phi) is 3.68. The lowest BCUT2D eigenvalue weighted by molar-refractivity contribution is 0.0896. The maximum absolute atomic E-state index is 12.5. The van der Waals surface area contributed by atoms with Crippen molar-refractivity contribution in [2.75, 3.05) is 6.54 Å². The van der Waals surface area contributed by atoms with Crippen molar-refractivity contribution in [3.63, 3.8) is 0 Å². The van der Waals surface area contributed by atoms with Crippen molar-refractivity contribution in [1.29, 1.82) is 0 Å². The fourth-order valence-corrected chi connectivity index (χ4v) is 2.90. The zero-order chi connectivity index (χ0) is 14.2. The largest absolute Gasteiger partial charge is 0.345 e. The van der Waals surface area contributed by atoms with Crippen LogP contribution in [0.5, 0.6) is 0 Å². The Morgan fingerprint density at radius 1 is 1.32 bits per heavy atom. The number of nitrogens with two attached hydrogens (primary N) is 1. The summed E-state index contributed by atoms with van der Waals surface area (Å²) in [6.07, 6.45) is 2.33. The molecule has 3 N–H and O–H groups in total. The quantitative estimate of drug-likeness (QED) is 0.873. The van der Waals surface area contributed by atoms with Gasteiger partial charge in [-0.05, 0) is 57.6 Å². The molecule has 0 aromatic heterocycles. The standard InChI is InChI=1S/C16H24N2O/c1-10-7-11(2)14(12(3)8-10)15(19)18-16(4,9-17)13-5-6-13/h7-8,13H,5-6,9,17H2,1-4H3,(H,18,19). The molecule has 1 aliphatic carbocycles. The van der Waals surface area contributed by atoms with Crippen LogP contribution in [0.15, 0.2) is 12.1 Å². The van der Waals surface area contributed by atoms with Gasteiger partial charge in [-0.2, -0.15) is 0 Å². The molecule has 1 fully saturated rings. The molecule has 1 amide bonds. The van der Waals surface area contributed by atoms with Gasteiger partial charge in [-0.1, -0.05) is 17.7 Å². The number of hydrogen-bond donors (Lipinski definition) is 2. The summed E-state index contributed by atoms with van der Waals surface area (Å²) >= 11 is 0. The van der Waals surface area contributed by atoms with Crippen LogP contribution in [-0.4, -0.2) is 18.0 Å². The number of hydrogen-bond acceptors (Lipinski definition) is 2. The van der Waals surface area contributed by atoms with Crippen LogP contribution in [0.1, 0.15) is 46.8 Å². The number of nitrogens with one attached hydrogen (secondary N) is 1. The van der Waals surface area contributed by atoms with Gasteiger partial charge in [0.05, 0.1) is 5.54 Å². The predicted molar refractivity (Wildman–Crippen MR) is 78.3 cm³/mol. The van der Waals surface area contributed by atoms with E-state index >= 15 is 0 Å². The monoisotopic (exact) mass is 260 g/mol. The summed E-state index contributed by atoms with van der Waals surface area (Å²) < 4.78 is 0. The molecule has 1 aliphatic rings. The smallest absolute Gasteiger partial charge is 0.252 e. The number of rotatable bonds is 4. The van der Waals surface area contributed by atoms with Crippen LogP contribution in [0.2, 0.25) is 0 Å². The van der Waals surface area contributed by atoms with Crippen LogP contribution in [0.4, 0.5) is 0 Å². The first-order valence-electron chi connectivity index (χ1n) is 6.98. The second-order valence-corrected chi connectivity index (χ2v) is 6.12. The van der Waals surface area contributed by atoms with E-state index in [0.29, 0.717) is 12.5 Å². The molecule has 2 rings (SSSR count). The summed E-state index contributed by atoms with van der Waals surface area (Å²) in [5.74, 6) is 0.544. The zero-order valence-corrected chi connectivity index (χ0v) is 12.3. The van der Waals surface area contributed by atoms with E-state index in [-0.39, 0.29) is 11.4 Å². The van der Waals surface area contributed by atoms with Crippen LogP contribution in [-0.2, 0) is 0 Å². The highest BCUT2D eigenvalue weighted by molar-refractivity contribution is 5.97. The molecule has 0 spiro atoms. The molecule has 1 unspecified atom stereocenters. The van der Waals surface area contributed by atoms with Gasteiger partial charge in [0.2, 0.25) is 0 Å². The Labute approximate surface area is 115 Å². The predicted octanol–water partition coefficient (Wildman–Crippen LogP) is 2.47. The molecule has 1 saturated carbocycles. The van der Waals surface area contributed by atoms with Gasteiger partial charge >= 0.3 is 0 Å². The number of amides is 1. The first-order valence-corrected chi connectivity index (χ1v) is 6.98. The average Bonchev–Trinajstić information content (AvgIpc) is 3.11. The average molecular weight is 260 g/mol. The topological polar surface area (TPSA) is 55.1 Å². The number of carbonyl (C=O) groups excluding carboxylic acids is 1. The number of carbonyl (C=O) groups is 1. The highest BCUT2D eigenvalue weighted by Gasteiger charge is 2.41. The van der Waals surface area contributed by atoms with E-state index in [1.807, 2.05) is 13.8 Å². The Bertz CT molecular complexity index is 482. The van der Waals surface area contributed by atoms with Crippen LogP contribution < -0.4 is 11.1 Å². The third-order valence-electron chi connectivity index (χ3n) is 4.21. The van der Waals surface area contributed by atoms with E-state index in [4.69, 9.17) is 5.73 Å². The Balaban J connectivity index is 2.25. The van der Waals surface area contributed by atoms with E-state index in [0.717, 1.165) is 16.7 Å². The summed E-state index contributed by atoms with van der Waals surface area (Å²) in [4.78, 5) is 12.5. The molecule has 19 heavy (non-hydrogen) atoms. The van der Waals surface area contributed by atoms with Crippen molar-refractivity contribution in [3.8, 4) is 0 Å². The summed E-state index contributed by atoms with van der Waals surface area (Å²) in [6.45, 7) is 8.59. The molecular formula is C16H24N2O. The molecule has 104 valence electrons. The summed E-state index contributed by atoms with van der Waals surface area (Å²) in [6, 6.07) is 4.11. The normalized spacial score (nSPS) is 17.9. The first-order chi connectivity index (χ1) is 8.87. The Morgan fingerprint density at radius 2 is 1.84 bits per heavy atom. The first kappa shape index (κ1) is 14.1. The van der Waals surface area contributed by atoms with Crippen molar-refractivity contribution in [3.05, 3.63) is 34.4 Å². The van der Waals surface area contributed by atoms with Crippen molar-refractivity contribution in [2.24, 2.45) is 11.7 Å². The summed E-state index contributed by atoms with van der Waals surface area (Å²) in [5, 5.41) is 3.16. The molecule has 0 radical (unpaired) electrons. The van der Waals surface area contributed by atoms with Crippen molar-refractivity contribution >= 4 is 5.91 Å². The highest BCUT2D eigenvalue weighted by atomic mass is 16.1. The molecule has 1 aromatic rings. The zero-order valence-electron chi connectivity index (χ0n) is 12.3. The molecule has 3 heteroatoms. The molecule has 0 saturated heterocycles. The van der Waals surface area contributed by atoms with E-state index in [9.17, 15) is 4.79 Å². The number of benzene rings is 1. The van der Waals surface area contributed by atoms with Gasteiger partial charge in [-0.3, -0.25) is 4.79 Å². The maximum Gasteiger partial charge on any atom is 0.252 e. The van der Waals surface area contributed by atoms with Gasteiger partial charge in [-0.25, -0.2) is 0 Å². The minimum atomic E-state index is -0.263. The molecule has 0 heterocycles. The molecule has 0 bridgehead atoms. The fourth-order valence-electron chi connectivity index (χ4n) is 2.90. The third-order valence-corrected chi connectivity index (χ3v) is 4.21. The Morgan fingerprint density at radius 3 is 2.26 bits per heavy atom. The second-order valence-electron chi connectivity index (χ2n) is 6.12. The molecule has 0 aliphatic heterocycles. The van der Waals surface area contributed by atoms with Gasteiger partial charge < -0.3 is 11.1 Å². The summed E-state index contributed by atoms with van der Waals surface area (Å²) in [7, 11) is 0. The minimum Gasteiger partial charge on any atom is -0.345 e. The van der Waals surface area contributed by atoms with Gasteiger partial charge in [0.25, 0.3) is 5.91 Å². The molecule has 1 aromatic carbocycles. The van der Waals surface area contributed by atoms with E-state index in [2.05, 4.69) is 31.3 Å². The van der Waals surface area contributed by atoms with Crippen LogP contribution in [0, 0.1) is 26.7 Å². The van der Waals surface area contributed by atoms with Gasteiger partial charge in [0.15, 0.2) is 0 Å². The highest BCUT2D eigenvalue weighted by Crippen LogP contribution is 2.39. The third kappa shape index (κ3) is 2.81. The van der Waals surface area contributed by atoms with Gasteiger partial charge in [0, 0.05) is 12.1 Å².